The molecule has 0 saturated heterocycles. The molecule has 0 bridgehead atoms. The van der Waals surface area contributed by atoms with Crippen molar-refractivity contribution in [3.8, 4) is 11.5 Å². The summed E-state index contributed by atoms with van der Waals surface area (Å²) in [6.45, 7) is 2.90. The molecule has 2 aliphatic rings. The molecule has 3 rings (SSSR count). The summed E-state index contributed by atoms with van der Waals surface area (Å²) in [5.41, 5.74) is 0.783. The van der Waals surface area contributed by atoms with Gasteiger partial charge in [-0.3, -0.25) is 0 Å². The largest absolute Gasteiger partial charge is 0.486 e. The molecule has 1 N–H and O–H groups in total. The van der Waals surface area contributed by atoms with Gasteiger partial charge in [0.15, 0.2) is 21.3 Å². The summed E-state index contributed by atoms with van der Waals surface area (Å²) in [6.07, 6.45) is 0. The van der Waals surface area contributed by atoms with Crippen molar-refractivity contribution in [1.29, 1.82) is 0 Å². The highest BCUT2D eigenvalue weighted by Gasteiger charge is 2.36. The maximum Gasteiger partial charge on any atom is 0.179 e. The summed E-state index contributed by atoms with van der Waals surface area (Å²) in [5, 5.41) is 3.19. The first-order chi connectivity index (χ1) is 9.03. The van der Waals surface area contributed by atoms with Crippen molar-refractivity contribution in [2.75, 3.05) is 26.0 Å². The molecule has 0 aliphatic carbocycles. The van der Waals surface area contributed by atoms with Gasteiger partial charge in [-0.1, -0.05) is 6.92 Å². The van der Waals surface area contributed by atoms with Gasteiger partial charge in [0.1, 0.15) is 13.2 Å². The third-order valence-electron chi connectivity index (χ3n) is 3.71. The van der Waals surface area contributed by atoms with E-state index in [1.165, 1.54) is 0 Å². The highest BCUT2D eigenvalue weighted by molar-refractivity contribution is 7.91. The Bertz CT molecular complexity index is 611. The second-order valence-electron chi connectivity index (χ2n) is 5.06. The number of ether oxygens (including phenoxy) is 2. The summed E-state index contributed by atoms with van der Waals surface area (Å²) in [7, 11) is -1.40. The molecule has 0 spiro atoms. The summed E-state index contributed by atoms with van der Waals surface area (Å²) >= 11 is 0. The van der Waals surface area contributed by atoms with E-state index in [-0.39, 0.29) is 17.7 Å². The van der Waals surface area contributed by atoms with Gasteiger partial charge in [0, 0.05) is 12.1 Å². The third-order valence-corrected chi connectivity index (χ3v) is 5.70. The van der Waals surface area contributed by atoms with Gasteiger partial charge in [-0.05, 0) is 24.6 Å². The van der Waals surface area contributed by atoms with Crippen LogP contribution >= 0.6 is 0 Å². The van der Waals surface area contributed by atoms with Crippen LogP contribution in [0.15, 0.2) is 17.0 Å². The Balaban J connectivity index is 2.21. The Morgan fingerprint density at radius 2 is 1.84 bits per heavy atom. The summed E-state index contributed by atoms with van der Waals surface area (Å²) in [4.78, 5) is 0.370. The molecular weight excluding hydrogens is 266 g/mol. The third kappa shape index (κ3) is 1.99. The lowest BCUT2D eigenvalue weighted by Gasteiger charge is -2.32. The predicted molar refractivity (Wildman–Crippen MR) is 70.4 cm³/mol. The standard InChI is InChI=1S/C13H17NO4S/c1-8-7-19(15,16)12-6-11-10(17-3-4-18-11)5-9(12)13(8)14-2/h5-6,8,13-14H,3-4,7H2,1-2H3. The average Bonchev–Trinajstić information content (AvgIpc) is 2.37. The Kier molecular flexibility index (Phi) is 2.94. The molecular formula is C13H17NO4S. The molecule has 104 valence electrons. The first-order valence-electron chi connectivity index (χ1n) is 6.36. The van der Waals surface area contributed by atoms with E-state index in [1.807, 2.05) is 14.0 Å². The van der Waals surface area contributed by atoms with Crippen LogP contribution in [0.1, 0.15) is 18.5 Å². The summed E-state index contributed by atoms with van der Waals surface area (Å²) in [6, 6.07) is 3.43. The first kappa shape index (κ1) is 12.7. The van der Waals surface area contributed by atoms with Gasteiger partial charge in [0.25, 0.3) is 0 Å². The van der Waals surface area contributed by atoms with Crippen LogP contribution in [-0.2, 0) is 9.84 Å². The van der Waals surface area contributed by atoms with E-state index in [2.05, 4.69) is 5.32 Å². The van der Waals surface area contributed by atoms with Gasteiger partial charge in [0.05, 0.1) is 10.6 Å². The lowest BCUT2D eigenvalue weighted by atomic mass is 9.95. The summed E-state index contributed by atoms with van der Waals surface area (Å²) in [5.74, 6) is 1.35. The van der Waals surface area contributed by atoms with E-state index in [9.17, 15) is 8.42 Å². The second-order valence-corrected chi connectivity index (χ2v) is 7.06. The molecule has 0 aromatic heterocycles. The zero-order valence-corrected chi connectivity index (χ0v) is 11.8. The van der Waals surface area contributed by atoms with Crippen LogP contribution in [0.4, 0.5) is 0 Å². The van der Waals surface area contributed by atoms with Crippen molar-refractivity contribution >= 4 is 9.84 Å². The van der Waals surface area contributed by atoms with Gasteiger partial charge in [-0.2, -0.15) is 0 Å². The van der Waals surface area contributed by atoms with E-state index >= 15 is 0 Å². The molecule has 1 aromatic rings. The van der Waals surface area contributed by atoms with Crippen molar-refractivity contribution in [3.05, 3.63) is 17.7 Å². The van der Waals surface area contributed by atoms with E-state index in [0.29, 0.717) is 29.6 Å². The molecule has 5 nitrogen and oxygen atoms in total. The van der Waals surface area contributed by atoms with Crippen molar-refractivity contribution in [2.45, 2.75) is 17.9 Å². The minimum absolute atomic E-state index is 0.0225. The van der Waals surface area contributed by atoms with Crippen LogP contribution < -0.4 is 14.8 Å². The lowest BCUT2D eigenvalue weighted by Crippen LogP contribution is -2.34. The van der Waals surface area contributed by atoms with Crippen LogP contribution in [-0.4, -0.2) is 34.4 Å². The minimum atomic E-state index is -3.24. The van der Waals surface area contributed by atoms with Gasteiger partial charge >= 0.3 is 0 Å². The smallest absolute Gasteiger partial charge is 0.179 e. The zero-order chi connectivity index (χ0) is 13.6. The van der Waals surface area contributed by atoms with Gasteiger partial charge < -0.3 is 14.8 Å². The van der Waals surface area contributed by atoms with Crippen molar-refractivity contribution < 1.29 is 17.9 Å². The van der Waals surface area contributed by atoms with E-state index in [0.717, 1.165) is 5.56 Å². The van der Waals surface area contributed by atoms with Gasteiger partial charge in [0.2, 0.25) is 0 Å². The Morgan fingerprint density at radius 3 is 2.47 bits per heavy atom. The molecule has 0 saturated carbocycles. The maximum atomic E-state index is 12.3. The molecule has 0 radical (unpaired) electrons. The highest BCUT2D eigenvalue weighted by Crippen LogP contribution is 2.42. The van der Waals surface area contributed by atoms with Gasteiger partial charge in [-0.25, -0.2) is 8.42 Å². The highest BCUT2D eigenvalue weighted by atomic mass is 32.2. The second kappa shape index (κ2) is 4.38. The molecule has 6 heteroatoms. The van der Waals surface area contributed by atoms with Crippen LogP contribution in [0.5, 0.6) is 11.5 Å². The van der Waals surface area contributed by atoms with Crippen LogP contribution in [0.2, 0.25) is 0 Å². The van der Waals surface area contributed by atoms with Gasteiger partial charge in [-0.15, -0.1) is 0 Å². The predicted octanol–water partition coefficient (Wildman–Crippen LogP) is 1.14. The number of rotatable bonds is 1. The van der Waals surface area contributed by atoms with Crippen molar-refractivity contribution in [1.82, 2.24) is 5.32 Å². The Hall–Kier alpha value is -1.27. The minimum Gasteiger partial charge on any atom is -0.486 e. The van der Waals surface area contributed by atoms with Crippen molar-refractivity contribution in [2.24, 2.45) is 5.92 Å². The number of hydrogen-bond acceptors (Lipinski definition) is 5. The van der Waals surface area contributed by atoms with Crippen molar-refractivity contribution in [3.63, 3.8) is 0 Å². The molecule has 1 aromatic carbocycles. The SMILES string of the molecule is CNC1c2cc3c(cc2S(=O)(=O)CC1C)OCCO3. The fourth-order valence-corrected chi connectivity index (χ4v) is 4.77. The number of sulfone groups is 1. The quantitative estimate of drug-likeness (QED) is 0.837. The summed E-state index contributed by atoms with van der Waals surface area (Å²) < 4.78 is 35.6. The lowest BCUT2D eigenvalue weighted by molar-refractivity contribution is 0.170. The van der Waals surface area contributed by atoms with E-state index in [4.69, 9.17) is 9.47 Å². The number of hydrogen-bond donors (Lipinski definition) is 1. The monoisotopic (exact) mass is 283 g/mol. The number of fused-ring (bicyclic) bond motifs is 2. The first-order valence-corrected chi connectivity index (χ1v) is 8.01. The Morgan fingerprint density at radius 1 is 1.21 bits per heavy atom. The number of benzene rings is 1. The molecule has 2 aliphatic heterocycles. The fraction of sp³-hybridized carbons (Fsp3) is 0.538. The molecule has 2 unspecified atom stereocenters. The van der Waals surface area contributed by atoms with Crippen LogP contribution in [0.3, 0.4) is 0 Å². The van der Waals surface area contributed by atoms with Crippen LogP contribution in [0.25, 0.3) is 0 Å². The van der Waals surface area contributed by atoms with E-state index in [1.54, 1.807) is 12.1 Å². The maximum absolute atomic E-state index is 12.3. The molecule has 2 atom stereocenters. The fourth-order valence-electron chi connectivity index (χ4n) is 2.88. The molecule has 19 heavy (non-hydrogen) atoms. The van der Waals surface area contributed by atoms with E-state index < -0.39 is 9.84 Å². The number of nitrogens with one attached hydrogen (secondary N) is 1. The van der Waals surface area contributed by atoms with Crippen LogP contribution in [0, 0.1) is 5.92 Å². The zero-order valence-electron chi connectivity index (χ0n) is 11.0. The molecule has 2 heterocycles. The normalized spacial score (nSPS) is 27.7. The average molecular weight is 283 g/mol. The molecule has 0 amide bonds. The molecule has 0 fully saturated rings. The topological polar surface area (TPSA) is 64.6 Å². The Labute approximate surface area is 112 Å².